The second-order valence-corrected chi connectivity index (χ2v) is 8.15. The molecule has 0 radical (unpaired) electrons. The van der Waals surface area contributed by atoms with Crippen LogP contribution in [0.5, 0.6) is 5.75 Å². The number of nitrogens with one attached hydrogen (secondary N) is 1. The van der Waals surface area contributed by atoms with Gasteiger partial charge in [-0.15, -0.1) is 0 Å². The highest BCUT2D eigenvalue weighted by Gasteiger charge is 2.28. The molecule has 3 rings (SSSR count). The van der Waals surface area contributed by atoms with Crippen molar-refractivity contribution in [3.63, 3.8) is 0 Å². The molecule has 0 saturated carbocycles. The lowest BCUT2D eigenvalue weighted by Gasteiger charge is -2.22. The molecule has 1 fully saturated rings. The minimum Gasteiger partial charge on any atom is -0.492 e. The van der Waals surface area contributed by atoms with Gasteiger partial charge in [-0.05, 0) is 61.7 Å². The van der Waals surface area contributed by atoms with Gasteiger partial charge in [0.2, 0.25) is 11.8 Å². The quantitative estimate of drug-likeness (QED) is 0.560. The average Bonchev–Trinajstić information content (AvgIpc) is 3.15. The first-order chi connectivity index (χ1) is 14.4. The van der Waals surface area contributed by atoms with E-state index in [1.165, 1.54) is 0 Å². The Hall–Kier alpha value is -2.28. The second-order valence-electron chi connectivity index (χ2n) is 7.31. The molecule has 30 heavy (non-hydrogen) atoms. The number of primary amides is 1. The zero-order valence-electron chi connectivity index (χ0n) is 16.6. The second kappa shape index (κ2) is 10.7. The molecule has 2 aromatic rings. The Morgan fingerprint density at radius 2 is 2.03 bits per heavy atom. The molecule has 1 atom stereocenters. The number of nitrogens with two attached hydrogens (primary N) is 1. The number of hydrogen-bond donors (Lipinski definition) is 2. The van der Waals surface area contributed by atoms with Gasteiger partial charge in [0, 0.05) is 23.7 Å². The number of benzene rings is 2. The molecule has 0 aromatic heterocycles. The monoisotopic (exact) mass is 449 g/mol. The fraction of sp³-hybridized carbons (Fsp3) is 0.364. The van der Waals surface area contributed by atoms with Crippen LogP contribution in [0.15, 0.2) is 42.5 Å². The first kappa shape index (κ1) is 22.4. The molecule has 1 saturated heterocycles. The number of likely N-dealkylation sites (tertiary alicyclic amines) is 1. The SMILES string of the molecule is NC(=O)C1CCCN1Cc1cccc(NC(=O)CCCOc2ccc(Cl)cc2Cl)c1. The minimum absolute atomic E-state index is 0.0888. The van der Waals surface area contributed by atoms with Crippen molar-refractivity contribution in [2.24, 2.45) is 5.73 Å². The molecule has 1 aliphatic heterocycles. The number of ether oxygens (including phenoxy) is 1. The molecule has 1 aliphatic rings. The number of anilines is 1. The molecular formula is C22H25Cl2N3O3. The van der Waals surface area contributed by atoms with Crippen LogP contribution >= 0.6 is 23.2 Å². The third kappa shape index (κ3) is 6.36. The van der Waals surface area contributed by atoms with E-state index in [-0.39, 0.29) is 17.9 Å². The molecule has 1 heterocycles. The van der Waals surface area contributed by atoms with Crippen LogP contribution in [-0.2, 0) is 16.1 Å². The maximum atomic E-state index is 12.3. The van der Waals surface area contributed by atoms with Crippen LogP contribution in [0.1, 0.15) is 31.2 Å². The topological polar surface area (TPSA) is 84.7 Å². The normalized spacial score (nSPS) is 16.4. The van der Waals surface area contributed by atoms with Crippen molar-refractivity contribution in [1.82, 2.24) is 4.90 Å². The molecule has 160 valence electrons. The zero-order chi connectivity index (χ0) is 21.5. The van der Waals surface area contributed by atoms with Crippen LogP contribution in [0.4, 0.5) is 5.69 Å². The number of halogens is 2. The summed E-state index contributed by atoms with van der Waals surface area (Å²) in [6, 6.07) is 12.5. The van der Waals surface area contributed by atoms with E-state index >= 15 is 0 Å². The maximum Gasteiger partial charge on any atom is 0.234 e. The van der Waals surface area contributed by atoms with Crippen molar-refractivity contribution in [3.8, 4) is 5.75 Å². The van der Waals surface area contributed by atoms with E-state index in [9.17, 15) is 9.59 Å². The summed E-state index contributed by atoms with van der Waals surface area (Å²) in [5.41, 5.74) is 7.25. The van der Waals surface area contributed by atoms with E-state index < -0.39 is 0 Å². The predicted octanol–water partition coefficient (Wildman–Crippen LogP) is 4.24. The molecule has 0 aliphatic carbocycles. The smallest absolute Gasteiger partial charge is 0.234 e. The number of nitrogens with zero attached hydrogens (tertiary/aromatic N) is 1. The summed E-state index contributed by atoms with van der Waals surface area (Å²) in [7, 11) is 0. The Kier molecular flexibility index (Phi) is 7.96. The van der Waals surface area contributed by atoms with E-state index in [2.05, 4.69) is 10.2 Å². The van der Waals surface area contributed by atoms with Crippen molar-refractivity contribution in [2.45, 2.75) is 38.3 Å². The summed E-state index contributed by atoms with van der Waals surface area (Å²) in [6.07, 6.45) is 2.65. The summed E-state index contributed by atoms with van der Waals surface area (Å²) in [5, 5.41) is 3.90. The third-order valence-electron chi connectivity index (χ3n) is 4.99. The van der Waals surface area contributed by atoms with Gasteiger partial charge in [-0.3, -0.25) is 14.5 Å². The van der Waals surface area contributed by atoms with E-state index in [1.807, 2.05) is 24.3 Å². The Bertz CT molecular complexity index is 907. The molecule has 1 unspecified atom stereocenters. The first-order valence-corrected chi connectivity index (χ1v) is 10.7. The number of carbonyl (C=O) groups is 2. The summed E-state index contributed by atoms with van der Waals surface area (Å²) in [5.74, 6) is 0.179. The summed E-state index contributed by atoms with van der Waals surface area (Å²) in [4.78, 5) is 25.9. The van der Waals surface area contributed by atoms with Gasteiger partial charge >= 0.3 is 0 Å². The summed E-state index contributed by atoms with van der Waals surface area (Å²) < 4.78 is 5.60. The molecule has 3 N–H and O–H groups in total. The van der Waals surface area contributed by atoms with Gasteiger partial charge in [0.1, 0.15) is 5.75 Å². The number of carbonyl (C=O) groups excluding carboxylic acids is 2. The fourth-order valence-corrected chi connectivity index (χ4v) is 4.01. The summed E-state index contributed by atoms with van der Waals surface area (Å²) >= 11 is 11.9. The van der Waals surface area contributed by atoms with Crippen molar-refractivity contribution < 1.29 is 14.3 Å². The van der Waals surface area contributed by atoms with E-state index in [0.717, 1.165) is 30.6 Å². The minimum atomic E-state index is -0.279. The highest BCUT2D eigenvalue weighted by atomic mass is 35.5. The van der Waals surface area contributed by atoms with Crippen molar-refractivity contribution in [3.05, 3.63) is 58.1 Å². The molecular weight excluding hydrogens is 425 g/mol. The van der Waals surface area contributed by atoms with Crippen LogP contribution in [0.2, 0.25) is 10.0 Å². The molecule has 6 nitrogen and oxygen atoms in total. The Balaban J connectivity index is 1.45. The van der Waals surface area contributed by atoms with Gasteiger partial charge in [0.15, 0.2) is 0 Å². The zero-order valence-corrected chi connectivity index (χ0v) is 18.1. The van der Waals surface area contributed by atoms with Crippen LogP contribution in [0.3, 0.4) is 0 Å². The van der Waals surface area contributed by atoms with E-state index in [1.54, 1.807) is 18.2 Å². The van der Waals surface area contributed by atoms with E-state index in [4.69, 9.17) is 33.7 Å². The van der Waals surface area contributed by atoms with Crippen LogP contribution in [-0.4, -0.2) is 35.9 Å². The lowest BCUT2D eigenvalue weighted by atomic mass is 10.1. The lowest BCUT2D eigenvalue weighted by Crippen LogP contribution is -2.39. The van der Waals surface area contributed by atoms with Crippen LogP contribution in [0.25, 0.3) is 0 Å². The standard InChI is InChI=1S/C22H25Cl2N3O3/c23-16-8-9-20(18(24)13-16)30-11-3-7-21(28)26-17-5-1-4-15(12-17)14-27-10-2-6-19(27)22(25)29/h1,4-5,8-9,12-13,19H,2-3,6-7,10-11,14H2,(H2,25,29)(H,26,28). The van der Waals surface area contributed by atoms with Gasteiger partial charge in [-0.25, -0.2) is 0 Å². The maximum absolute atomic E-state index is 12.3. The first-order valence-electron chi connectivity index (χ1n) is 9.92. The Morgan fingerprint density at radius 1 is 1.20 bits per heavy atom. The van der Waals surface area contributed by atoms with Crippen molar-refractivity contribution in [2.75, 3.05) is 18.5 Å². The molecule has 0 spiro atoms. The highest BCUT2D eigenvalue weighted by Crippen LogP contribution is 2.27. The van der Waals surface area contributed by atoms with Crippen molar-refractivity contribution >= 4 is 40.7 Å². The van der Waals surface area contributed by atoms with Gasteiger partial charge in [-0.1, -0.05) is 35.3 Å². The van der Waals surface area contributed by atoms with Crippen molar-refractivity contribution in [1.29, 1.82) is 0 Å². The largest absolute Gasteiger partial charge is 0.492 e. The van der Waals surface area contributed by atoms with Crippen LogP contribution in [0, 0.1) is 0 Å². The molecule has 0 bridgehead atoms. The predicted molar refractivity (Wildman–Crippen MR) is 119 cm³/mol. The Labute approximate surface area is 186 Å². The number of hydrogen-bond acceptors (Lipinski definition) is 4. The van der Waals surface area contributed by atoms with E-state index in [0.29, 0.717) is 41.8 Å². The number of amides is 2. The highest BCUT2D eigenvalue weighted by molar-refractivity contribution is 6.35. The Morgan fingerprint density at radius 3 is 2.80 bits per heavy atom. The molecule has 8 heteroatoms. The van der Waals surface area contributed by atoms with Gasteiger partial charge < -0.3 is 15.8 Å². The van der Waals surface area contributed by atoms with Gasteiger partial charge in [-0.2, -0.15) is 0 Å². The average molecular weight is 450 g/mol. The van der Waals surface area contributed by atoms with Gasteiger partial charge in [0.25, 0.3) is 0 Å². The lowest BCUT2D eigenvalue weighted by molar-refractivity contribution is -0.122. The summed E-state index contributed by atoms with van der Waals surface area (Å²) in [6.45, 7) is 1.85. The third-order valence-corrected chi connectivity index (χ3v) is 5.52. The van der Waals surface area contributed by atoms with Crippen LogP contribution < -0.4 is 15.8 Å². The molecule has 2 amide bonds. The number of rotatable bonds is 9. The van der Waals surface area contributed by atoms with Gasteiger partial charge in [0.05, 0.1) is 17.7 Å². The fourth-order valence-electron chi connectivity index (χ4n) is 3.55. The molecule has 2 aromatic carbocycles.